The van der Waals surface area contributed by atoms with Crippen molar-refractivity contribution in [2.45, 2.75) is 72.9 Å². The number of ether oxygens (including phenoxy) is 2. The summed E-state index contributed by atoms with van der Waals surface area (Å²) >= 11 is 0. The first-order valence-corrected chi connectivity index (χ1v) is 12.7. The second-order valence-corrected chi connectivity index (χ2v) is 9.20. The maximum absolute atomic E-state index is 13.3. The first-order valence-electron chi connectivity index (χ1n) is 12.7. The molecular formula is C27H42N4O4. The van der Waals surface area contributed by atoms with E-state index in [1.807, 2.05) is 43.7 Å². The molecule has 2 rings (SSSR count). The second-order valence-electron chi connectivity index (χ2n) is 9.20. The third kappa shape index (κ3) is 7.47. The van der Waals surface area contributed by atoms with Crippen molar-refractivity contribution < 1.29 is 19.1 Å². The third-order valence-electron chi connectivity index (χ3n) is 6.38. The molecule has 0 fully saturated rings. The summed E-state index contributed by atoms with van der Waals surface area (Å²) in [6.07, 6.45) is 3.10. The van der Waals surface area contributed by atoms with E-state index in [0.717, 1.165) is 30.5 Å². The van der Waals surface area contributed by atoms with Gasteiger partial charge in [-0.25, -0.2) is 0 Å². The van der Waals surface area contributed by atoms with Crippen LogP contribution < -0.4 is 20.1 Å². The van der Waals surface area contributed by atoms with Gasteiger partial charge in [0.1, 0.15) is 11.5 Å². The number of hydrogen-bond acceptors (Lipinski definition) is 5. The van der Waals surface area contributed by atoms with Crippen LogP contribution in [-0.4, -0.2) is 48.4 Å². The highest BCUT2D eigenvalue weighted by atomic mass is 16.5. The van der Waals surface area contributed by atoms with Gasteiger partial charge in [0.25, 0.3) is 5.91 Å². The molecule has 194 valence electrons. The van der Waals surface area contributed by atoms with Crippen LogP contribution in [0.5, 0.6) is 11.5 Å². The molecule has 2 amide bonds. The Kier molecular flexibility index (Phi) is 11.1. The Morgan fingerprint density at radius 3 is 2.20 bits per heavy atom. The van der Waals surface area contributed by atoms with E-state index in [-0.39, 0.29) is 30.2 Å². The number of carbonyl (C=O) groups is 2. The number of amides is 2. The van der Waals surface area contributed by atoms with Crippen LogP contribution in [0.25, 0.3) is 11.3 Å². The zero-order valence-corrected chi connectivity index (χ0v) is 22.3. The fourth-order valence-corrected chi connectivity index (χ4v) is 4.00. The maximum Gasteiger partial charge on any atom is 0.272 e. The molecule has 1 unspecified atom stereocenters. The van der Waals surface area contributed by atoms with E-state index in [9.17, 15) is 9.59 Å². The topological polar surface area (TPSA) is 94.5 Å². The Hall–Kier alpha value is -3.03. The number of carbonyl (C=O) groups excluding carboxylic acids is 2. The summed E-state index contributed by atoms with van der Waals surface area (Å²) in [7, 11) is 3.23. The van der Waals surface area contributed by atoms with Crippen LogP contribution in [0.1, 0.15) is 70.8 Å². The molecule has 0 saturated heterocycles. The van der Waals surface area contributed by atoms with E-state index >= 15 is 0 Å². The normalized spacial score (nSPS) is 12.0. The molecule has 0 spiro atoms. The molecule has 35 heavy (non-hydrogen) atoms. The average Bonchev–Trinajstić information content (AvgIpc) is 3.28. The van der Waals surface area contributed by atoms with Crippen molar-refractivity contribution in [2.75, 3.05) is 20.8 Å². The minimum atomic E-state index is -0.301. The lowest BCUT2D eigenvalue weighted by molar-refractivity contribution is -0.121. The van der Waals surface area contributed by atoms with Crippen LogP contribution >= 0.6 is 0 Å². The van der Waals surface area contributed by atoms with Gasteiger partial charge >= 0.3 is 0 Å². The Labute approximate surface area is 209 Å². The number of benzene rings is 1. The van der Waals surface area contributed by atoms with E-state index in [1.165, 1.54) is 0 Å². The van der Waals surface area contributed by atoms with E-state index in [2.05, 4.69) is 24.5 Å². The summed E-state index contributed by atoms with van der Waals surface area (Å²) in [6.45, 7) is 11.6. The number of rotatable bonds is 14. The maximum atomic E-state index is 13.3. The molecule has 2 N–H and O–H groups in total. The highest BCUT2D eigenvalue weighted by Crippen LogP contribution is 2.39. The largest absolute Gasteiger partial charge is 0.496 e. The summed E-state index contributed by atoms with van der Waals surface area (Å²) in [5, 5.41) is 10.6. The third-order valence-corrected chi connectivity index (χ3v) is 6.38. The van der Waals surface area contributed by atoms with Crippen molar-refractivity contribution in [3.05, 3.63) is 30.0 Å². The Balaban J connectivity index is 2.44. The average molecular weight is 487 g/mol. The lowest BCUT2D eigenvalue weighted by Crippen LogP contribution is -2.42. The Bertz CT molecular complexity index is 944. The molecule has 1 heterocycles. The second kappa shape index (κ2) is 13.8. The molecule has 0 bridgehead atoms. The molecule has 8 heteroatoms. The van der Waals surface area contributed by atoms with Crippen LogP contribution in [0.15, 0.2) is 24.3 Å². The molecule has 0 aliphatic heterocycles. The molecule has 2 aromatic rings. The van der Waals surface area contributed by atoms with E-state index in [1.54, 1.807) is 20.3 Å². The van der Waals surface area contributed by atoms with Gasteiger partial charge in [-0.3, -0.25) is 14.3 Å². The molecular weight excluding hydrogens is 444 g/mol. The van der Waals surface area contributed by atoms with E-state index in [0.29, 0.717) is 36.2 Å². The summed E-state index contributed by atoms with van der Waals surface area (Å²) in [4.78, 5) is 25.6. The SMILES string of the molecule is CCCNC(=O)CC(NC(=O)c1cc(-c2c(OC)cccc2OC)n(CC(CC)CC)n1)C(C)C. The number of methoxy groups -OCH3 is 2. The van der Waals surface area contributed by atoms with E-state index < -0.39 is 0 Å². The molecule has 0 aliphatic carbocycles. The quantitative estimate of drug-likeness (QED) is 0.405. The number of aromatic nitrogens is 2. The molecule has 1 aromatic carbocycles. The van der Waals surface area contributed by atoms with Crippen molar-refractivity contribution in [1.29, 1.82) is 0 Å². The van der Waals surface area contributed by atoms with Gasteiger partial charge in [0.2, 0.25) is 5.91 Å². The fraction of sp³-hybridized carbons (Fsp3) is 0.593. The molecule has 0 saturated carbocycles. The number of nitrogens with zero attached hydrogens (tertiary/aromatic N) is 2. The summed E-state index contributed by atoms with van der Waals surface area (Å²) in [5.74, 6) is 1.43. The predicted octanol–water partition coefficient (Wildman–Crippen LogP) is 4.67. The van der Waals surface area contributed by atoms with Gasteiger partial charge in [-0.15, -0.1) is 0 Å². The van der Waals surface area contributed by atoms with Crippen LogP contribution in [0.3, 0.4) is 0 Å². The van der Waals surface area contributed by atoms with Crippen LogP contribution in [-0.2, 0) is 11.3 Å². The van der Waals surface area contributed by atoms with Crippen LogP contribution in [0.4, 0.5) is 0 Å². The number of nitrogens with one attached hydrogen (secondary N) is 2. The highest BCUT2D eigenvalue weighted by molar-refractivity contribution is 5.94. The predicted molar refractivity (Wildman–Crippen MR) is 139 cm³/mol. The first-order chi connectivity index (χ1) is 16.8. The summed E-state index contributed by atoms with van der Waals surface area (Å²) in [6, 6.07) is 7.10. The van der Waals surface area contributed by atoms with Gasteiger partial charge in [-0.2, -0.15) is 5.10 Å². The highest BCUT2D eigenvalue weighted by Gasteiger charge is 2.25. The molecule has 1 aromatic heterocycles. The van der Waals surface area contributed by atoms with Gasteiger partial charge in [0.05, 0.1) is 25.5 Å². The monoisotopic (exact) mass is 486 g/mol. The number of hydrogen-bond donors (Lipinski definition) is 2. The Morgan fingerprint density at radius 2 is 1.69 bits per heavy atom. The van der Waals surface area contributed by atoms with Crippen molar-refractivity contribution in [2.24, 2.45) is 11.8 Å². The minimum absolute atomic E-state index is 0.0652. The zero-order valence-electron chi connectivity index (χ0n) is 22.3. The van der Waals surface area contributed by atoms with Gasteiger partial charge < -0.3 is 20.1 Å². The van der Waals surface area contributed by atoms with Crippen LogP contribution in [0.2, 0.25) is 0 Å². The minimum Gasteiger partial charge on any atom is -0.496 e. The van der Waals surface area contributed by atoms with Crippen molar-refractivity contribution in [3.63, 3.8) is 0 Å². The summed E-state index contributed by atoms with van der Waals surface area (Å²) in [5.41, 5.74) is 1.83. The Morgan fingerprint density at radius 1 is 1.06 bits per heavy atom. The van der Waals surface area contributed by atoms with Gasteiger partial charge in [-0.1, -0.05) is 53.5 Å². The molecule has 1 atom stereocenters. The van der Waals surface area contributed by atoms with Gasteiger partial charge in [-0.05, 0) is 36.5 Å². The standard InChI is InChI=1S/C27H42N4O4/c1-8-14-28-25(32)16-20(18(4)5)29-27(33)21-15-22(31(30-21)17-19(9-2)10-3)26-23(34-6)12-11-13-24(26)35-7/h11-13,15,18-20H,8-10,14,16-17H2,1-7H3,(H,28,32)(H,29,33). The molecule has 0 radical (unpaired) electrons. The van der Waals surface area contributed by atoms with Crippen molar-refractivity contribution in [3.8, 4) is 22.8 Å². The van der Waals surface area contributed by atoms with Crippen LogP contribution in [0, 0.1) is 11.8 Å². The fourth-order valence-electron chi connectivity index (χ4n) is 4.00. The van der Waals surface area contributed by atoms with E-state index in [4.69, 9.17) is 14.6 Å². The lowest BCUT2D eigenvalue weighted by atomic mass is 10.00. The smallest absolute Gasteiger partial charge is 0.272 e. The molecule has 0 aliphatic rings. The van der Waals surface area contributed by atoms with Crippen molar-refractivity contribution >= 4 is 11.8 Å². The zero-order chi connectivity index (χ0) is 26.0. The lowest BCUT2D eigenvalue weighted by Gasteiger charge is -2.21. The molecule has 8 nitrogen and oxygen atoms in total. The summed E-state index contributed by atoms with van der Waals surface area (Å²) < 4.78 is 13.1. The van der Waals surface area contributed by atoms with Gasteiger partial charge in [0.15, 0.2) is 5.69 Å². The van der Waals surface area contributed by atoms with Gasteiger partial charge in [0, 0.05) is 25.6 Å². The first kappa shape index (κ1) is 28.2. The van der Waals surface area contributed by atoms with Crippen molar-refractivity contribution in [1.82, 2.24) is 20.4 Å².